The number of benzene rings is 1. The highest BCUT2D eigenvalue weighted by Gasteiger charge is 2.32. The minimum absolute atomic E-state index is 0.101. The van der Waals surface area contributed by atoms with Gasteiger partial charge in [-0.15, -0.1) is 0 Å². The van der Waals surface area contributed by atoms with E-state index in [0.29, 0.717) is 12.0 Å². The van der Waals surface area contributed by atoms with E-state index in [1.807, 2.05) is 4.90 Å². The van der Waals surface area contributed by atoms with Crippen LogP contribution in [0.1, 0.15) is 17.9 Å². The molecule has 0 saturated carbocycles. The van der Waals surface area contributed by atoms with E-state index < -0.39 is 21.6 Å². The summed E-state index contributed by atoms with van der Waals surface area (Å²) in [4.78, 5) is 6.00. The second-order valence-electron chi connectivity index (χ2n) is 6.06. The molecule has 6 nitrogen and oxygen atoms in total. The zero-order valence-electron chi connectivity index (χ0n) is 13.3. The van der Waals surface area contributed by atoms with Crippen LogP contribution in [-0.2, 0) is 22.6 Å². The lowest BCUT2D eigenvalue weighted by Crippen LogP contribution is -2.32. The van der Waals surface area contributed by atoms with Crippen molar-refractivity contribution in [3.63, 3.8) is 0 Å². The molecule has 1 atom stereocenters. The number of aromatic nitrogens is 2. The van der Waals surface area contributed by atoms with Crippen molar-refractivity contribution in [1.29, 1.82) is 0 Å². The molecular formula is C15H16F3N3O3S. The molecule has 0 aliphatic carbocycles. The number of nitrogens with zero attached hydrogens (tertiary/aromatic N) is 3. The van der Waals surface area contributed by atoms with Crippen LogP contribution in [0.3, 0.4) is 0 Å². The highest BCUT2D eigenvalue weighted by molar-refractivity contribution is 7.91. The third-order valence-corrected chi connectivity index (χ3v) is 5.91. The van der Waals surface area contributed by atoms with Crippen molar-refractivity contribution in [2.24, 2.45) is 0 Å². The fourth-order valence-corrected chi connectivity index (χ4v) is 4.52. The fourth-order valence-electron chi connectivity index (χ4n) is 2.71. The Morgan fingerprint density at radius 3 is 2.52 bits per heavy atom. The highest BCUT2D eigenvalue weighted by atomic mass is 32.2. The van der Waals surface area contributed by atoms with Gasteiger partial charge in [-0.25, -0.2) is 8.42 Å². The van der Waals surface area contributed by atoms with E-state index >= 15 is 0 Å². The third-order valence-electron chi connectivity index (χ3n) is 4.15. The summed E-state index contributed by atoms with van der Waals surface area (Å²) in [6.45, 7) is 0.272. The van der Waals surface area contributed by atoms with E-state index in [1.54, 1.807) is 7.05 Å². The molecule has 1 aliphatic heterocycles. The maximum atomic E-state index is 12.6. The smallest absolute Gasteiger partial charge is 0.338 e. The molecular weight excluding hydrogens is 359 g/mol. The van der Waals surface area contributed by atoms with E-state index in [9.17, 15) is 21.6 Å². The molecule has 3 rings (SSSR count). The summed E-state index contributed by atoms with van der Waals surface area (Å²) in [7, 11) is -1.22. The molecule has 1 aromatic carbocycles. The quantitative estimate of drug-likeness (QED) is 0.817. The lowest BCUT2D eigenvalue weighted by molar-refractivity contribution is -0.137. The van der Waals surface area contributed by atoms with Gasteiger partial charge in [-0.3, -0.25) is 4.90 Å². The van der Waals surface area contributed by atoms with Crippen LogP contribution >= 0.6 is 0 Å². The number of alkyl halides is 3. The Morgan fingerprint density at radius 1 is 1.28 bits per heavy atom. The summed E-state index contributed by atoms with van der Waals surface area (Å²) in [6, 6.07) is 4.38. The average Bonchev–Trinajstić information content (AvgIpc) is 3.13. The summed E-state index contributed by atoms with van der Waals surface area (Å²) in [5, 5.41) is 3.77. The summed E-state index contributed by atoms with van der Waals surface area (Å²) in [5.41, 5.74) is -0.337. The van der Waals surface area contributed by atoms with Crippen LogP contribution in [0.25, 0.3) is 11.4 Å². The Bertz CT molecular complexity index is 847. The van der Waals surface area contributed by atoms with E-state index in [0.717, 1.165) is 12.1 Å². The van der Waals surface area contributed by atoms with Crippen molar-refractivity contribution in [2.75, 3.05) is 18.6 Å². The van der Waals surface area contributed by atoms with Crippen molar-refractivity contribution >= 4 is 9.84 Å². The third kappa shape index (κ3) is 4.18. The molecule has 25 heavy (non-hydrogen) atoms. The molecule has 1 fully saturated rings. The molecule has 1 saturated heterocycles. The van der Waals surface area contributed by atoms with E-state index in [4.69, 9.17) is 4.52 Å². The van der Waals surface area contributed by atoms with Crippen LogP contribution in [0.15, 0.2) is 28.8 Å². The molecule has 10 heteroatoms. The predicted molar refractivity (Wildman–Crippen MR) is 83.3 cm³/mol. The Labute approximate surface area is 142 Å². The van der Waals surface area contributed by atoms with Crippen molar-refractivity contribution in [3.8, 4) is 11.4 Å². The molecule has 2 heterocycles. The predicted octanol–water partition coefficient (Wildman–Crippen LogP) is 2.37. The second kappa shape index (κ2) is 6.41. The van der Waals surface area contributed by atoms with Gasteiger partial charge in [-0.1, -0.05) is 17.3 Å². The summed E-state index contributed by atoms with van der Waals surface area (Å²) < 4.78 is 65.9. The lowest BCUT2D eigenvalue weighted by atomic mass is 10.1. The van der Waals surface area contributed by atoms with Gasteiger partial charge >= 0.3 is 6.18 Å². The van der Waals surface area contributed by atoms with Crippen LogP contribution in [-0.4, -0.2) is 48.1 Å². The van der Waals surface area contributed by atoms with Gasteiger partial charge in [-0.2, -0.15) is 18.2 Å². The first-order valence-electron chi connectivity index (χ1n) is 7.55. The second-order valence-corrected chi connectivity index (χ2v) is 8.29. The number of rotatable bonds is 4. The van der Waals surface area contributed by atoms with Crippen molar-refractivity contribution in [2.45, 2.75) is 25.2 Å². The number of halogens is 3. The number of hydrogen-bond donors (Lipinski definition) is 0. The van der Waals surface area contributed by atoms with Crippen LogP contribution in [0.5, 0.6) is 0 Å². The monoisotopic (exact) mass is 375 g/mol. The number of hydrogen-bond acceptors (Lipinski definition) is 6. The van der Waals surface area contributed by atoms with Crippen LogP contribution < -0.4 is 0 Å². The van der Waals surface area contributed by atoms with Gasteiger partial charge in [0.1, 0.15) is 0 Å². The van der Waals surface area contributed by atoms with Gasteiger partial charge in [0.05, 0.1) is 23.6 Å². The first-order valence-corrected chi connectivity index (χ1v) is 9.37. The molecule has 1 aromatic heterocycles. The maximum Gasteiger partial charge on any atom is 0.416 e. The van der Waals surface area contributed by atoms with Crippen molar-refractivity contribution < 1.29 is 26.1 Å². The topological polar surface area (TPSA) is 76.3 Å². The van der Waals surface area contributed by atoms with Crippen molar-refractivity contribution in [3.05, 3.63) is 35.7 Å². The molecule has 0 bridgehead atoms. The standard InChI is InChI=1S/C15H16F3N3O3S/c1-21(12-6-7-25(22,23)9-12)8-13-19-14(20-24-13)10-2-4-11(5-3-10)15(16,17)18/h2-5,12H,6-9H2,1H3. The van der Waals surface area contributed by atoms with E-state index in [2.05, 4.69) is 10.1 Å². The molecule has 2 aromatic rings. The Kier molecular flexibility index (Phi) is 4.58. The minimum atomic E-state index is -4.40. The normalized spacial score (nSPS) is 20.3. The maximum absolute atomic E-state index is 12.6. The SMILES string of the molecule is CN(Cc1nc(-c2ccc(C(F)(F)F)cc2)no1)C1CCS(=O)(=O)C1. The van der Waals surface area contributed by atoms with Crippen LogP contribution in [0.4, 0.5) is 13.2 Å². The van der Waals surface area contributed by atoms with Gasteiger partial charge in [0.15, 0.2) is 9.84 Å². The molecule has 0 spiro atoms. The molecule has 136 valence electrons. The fraction of sp³-hybridized carbons (Fsp3) is 0.467. The lowest BCUT2D eigenvalue weighted by Gasteiger charge is -2.20. The van der Waals surface area contributed by atoms with Gasteiger partial charge < -0.3 is 4.52 Å². The minimum Gasteiger partial charge on any atom is -0.338 e. The Hall–Kier alpha value is -1.94. The zero-order valence-corrected chi connectivity index (χ0v) is 14.1. The average molecular weight is 375 g/mol. The van der Waals surface area contributed by atoms with Crippen molar-refractivity contribution in [1.82, 2.24) is 15.0 Å². The highest BCUT2D eigenvalue weighted by Crippen LogP contribution is 2.30. The largest absolute Gasteiger partial charge is 0.416 e. The van der Waals surface area contributed by atoms with Gasteiger partial charge in [0, 0.05) is 11.6 Å². The molecule has 1 aliphatic rings. The molecule has 0 N–H and O–H groups in total. The zero-order chi connectivity index (χ0) is 18.2. The molecule has 0 amide bonds. The van der Waals surface area contributed by atoms with Crippen LogP contribution in [0, 0.1) is 0 Å². The summed E-state index contributed by atoms with van der Waals surface area (Å²) in [5.74, 6) is 0.740. The summed E-state index contributed by atoms with van der Waals surface area (Å²) >= 11 is 0. The van der Waals surface area contributed by atoms with Crippen LogP contribution in [0.2, 0.25) is 0 Å². The van der Waals surface area contributed by atoms with E-state index in [1.165, 1.54) is 12.1 Å². The summed E-state index contributed by atoms with van der Waals surface area (Å²) in [6.07, 6.45) is -3.84. The van der Waals surface area contributed by atoms with E-state index in [-0.39, 0.29) is 35.8 Å². The molecule has 1 unspecified atom stereocenters. The van der Waals surface area contributed by atoms with Gasteiger partial charge in [-0.05, 0) is 25.6 Å². The van der Waals surface area contributed by atoms with Gasteiger partial charge in [0.2, 0.25) is 11.7 Å². The van der Waals surface area contributed by atoms with Gasteiger partial charge in [0.25, 0.3) is 0 Å². The molecule has 0 radical (unpaired) electrons. The Morgan fingerprint density at radius 2 is 1.96 bits per heavy atom. The number of sulfone groups is 1. The Balaban J connectivity index is 1.68. The first-order chi connectivity index (χ1) is 11.6. The first kappa shape index (κ1) is 17.9.